The van der Waals surface area contributed by atoms with E-state index in [1.807, 2.05) is 31.3 Å². The van der Waals surface area contributed by atoms with E-state index in [0.29, 0.717) is 19.6 Å². The van der Waals surface area contributed by atoms with E-state index in [4.69, 9.17) is 0 Å². The van der Waals surface area contributed by atoms with Crippen LogP contribution in [0.15, 0.2) is 42.6 Å². The largest absolute Gasteiger partial charge is 0.465 e. The molecule has 1 unspecified atom stereocenters. The highest BCUT2D eigenvalue weighted by molar-refractivity contribution is 5.69. The third-order valence-electron chi connectivity index (χ3n) is 5.32. The SMILES string of the molecule is CC1(c2ccccc2N2Cc3cccnc3C2)CNCCN1C(=O)O. The number of hydrogen-bond acceptors (Lipinski definition) is 4. The van der Waals surface area contributed by atoms with Crippen molar-refractivity contribution in [2.45, 2.75) is 25.6 Å². The highest BCUT2D eigenvalue weighted by atomic mass is 16.4. The van der Waals surface area contributed by atoms with E-state index in [1.165, 1.54) is 5.56 Å². The molecule has 1 fully saturated rings. The van der Waals surface area contributed by atoms with E-state index in [0.717, 1.165) is 30.0 Å². The minimum Gasteiger partial charge on any atom is -0.465 e. The number of anilines is 1. The maximum Gasteiger partial charge on any atom is 0.408 e. The molecule has 0 spiro atoms. The van der Waals surface area contributed by atoms with Gasteiger partial charge in [-0.25, -0.2) is 4.79 Å². The highest BCUT2D eigenvalue weighted by Gasteiger charge is 2.41. The fourth-order valence-corrected chi connectivity index (χ4v) is 3.99. The molecule has 3 heterocycles. The van der Waals surface area contributed by atoms with Crippen LogP contribution in [0, 0.1) is 0 Å². The number of rotatable bonds is 2. The van der Waals surface area contributed by atoms with Gasteiger partial charge in [0.1, 0.15) is 0 Å². The number of amides is 1. The number of para-hydroxylation sites is 1. The normalized spacial score (nSPS) is 22.8. The minimum atomic E-state index is -0.870. The van der Waals surface area contributed by atoms with Crippen molar-refractivity contribution >= 4 is 11.8 Å². The Labute approximate surface area is 147 Å². The van der Waals surface area contributed by atoms with E-state index in [-0.39, 0.29) is 0 Å². The zero-order chi connectivity index (χ0) is 17.4. The fourth-order valence-electron chi connectivity index (χ4n) is 3.99. The van der Waals surface area contributed by atoms with Gasteiger partial charge < -0.3 is 15.3 Å². The lowest BCUT2D eigenvalue weighted by Gasteiger charge is -2.45. The number of nitrogens with one attached hydrogen (secondary N) is 1. The molecule has 1 saturated heterocycles. The summed E-state index contributed by atoms with van der Waals surface area (Å²) in [6.07, 6.45) is 0.956. The molecule has 2 aromatic rings. The molecule has 0 radical (unpaired) electrons. The van der Waals surface area contributed by atoms with Crippen molar-refractivity contribution in [3.05, 3.63) is 59.4 Å². The molecule has 0 aliphatic carbocycles. The summed E-state index contributed by atoms with van der Waals surface area (Å²) in [7, 11) is 0. The predicted molar refractivity (Wildman–Crippen MR) is 95.5 cm³/mol. The molecule has 4 rings (SSSR count). The lowest BCUT2D eigenvalue weighted by molar-refractivity contribution is 0.0654. The third-order valence-corrected chi connectivity index (χ3v) is 5.32. The molecule has 1 amide bonds. The van der Waals surface area contributed by atoms with Gasteiger partial charge in [0.15, 0.2) is 0 Å². The zero-order valence-corrected chi connectivity index (χ0v) is 14.3. The van der Waals surface area contributed by atoms with Crippen LogP contribution in [0.1, 0.15) is 23.7 Å². The Kier molecular flexibility index (Phi) is 3.84. The molecule has 1 atom stereocenters. The van der Waals surface area contributed by atoms with Crippen molar-refractivity contribution < 1.29 is 9.90 Å². The number of hydrogen-bond donors (Lipinski definition) is 2. The summed E-state index contributed by atoms with van der Waals surface area (Å²) in [5.41, 5.74) is 3.86. The summed E-state index contributed by atoms with van der Waals surface area (Å²) in [6.45, 7) is 5.34. The number of piperazine rings is 1. The molecule has 130 valence electrons. The Balaban J connectivity index is 1.74. The van der Waals surface area contributed by atoms with Crippen molar-refractivity contribution in [2.75, 3.05) is 24.5 Å². The topological polar surface area (TPSA) is 68.7 Å². The lowest BCUT2D eigenvalue weighted by Crippen LogP contribution is -2.59. The molecular formula is C19H22N4O2. The van der Waals surface area contributed by atoms with Gasteiger partial charge in [-0.3, -0.25) is 9.88 Å². The van der Waals surface area contributed by atoms with E-state index in [1.54, 1.807) is 4.90 Å². The van der Waals surface area contributed by atoms with Gasteiger partial charge in [-0.05, 0) is 24.6 Å². The molecule has 0 bridgehead atoms. The number of carboxylic acid groups (broad SMARTS) is 1. The van der Waals surface area contributed by atoms with Gasteiger partial charge in [-0.15, -0.1) is 0 Å². The Morgan fingerprint density at radius 1 is 1.24 bits per heavy atom. The van der Waals surface area contributed by atoms with Gasteiger partial charge in [0.2, 0.25) is 0 Å². The van der Waals surface area contributed by atoms with Crippen LogP contribution < -0.4 is 10.2 Å². The average molecular weight is 338 g/mol. The first-order valence-electron chi connectivity index (χ1n) is 8.58. The quantitative estimate of drug-likeness (QED) is 0.880. The number of nitrogens with zero attached hydrogens (tertiary/aromatic N) is 3. The van der Waals surface area contributed by atoms with Gasteiger partial charge >= 0.3 is 6.09 Å². The van der Waals surface area contributed by atoms with E-state index in [2.05, 4.69) is 33.4 Å². The molecule has 1 aromatic carbocycles. The second-order valence-corrected chi connectivity index (χ2v) is 6.87. The second-order valence-electron chi connectivity index (χ2n) is 6.87. The summed E-state index contributed by atoms with van der Waals surface area (Å²) in [5.74, 6) is 0. The zero-order valence-electron chi connectivity index (χ0n) is 14.3. The summed E-state index contributed by atoms with van der Waals surface area (Å²) in [4.78, 5) is 20.2. The van der Waals surface area contributed by atoms with Crippen LogP contribution in [0.25, 0.3) is 0 Å². The summed E-state index contributed by atoms with van der Waals surface area (Å²) in [5, 5.41) is 13.1. The Morgan fingerprint density at radius 2 is 2.08 bits per heavy atom. The molecular weight excluding hydrogens is 316 g/mol. The summed E-state index contributed by atoms with van der Waals surface area (Å²) < 4.78 is 0. The van der Waals surface area contributed by atoms with Crippen LogP contribution in [0.5, 0.6) is 0 Å². The molecule has 1 aromatic heterocycles. The van der Waals surface area contributed by atoms with Crippen LogP contribution in [-0.4, -0.2) is 40.7 Å². The Morgan fingerprint density at radius 3 is 2.88 bits per heavy atom. The van der Waals surface area contributed by atoms with E-state index in [9.17, 15) is 9.90 Å². The van der Waals surface area contributed by atoms with Crippen LogP contribution >= 0.6 is 0 Å². The first-order valence-corrected chi connectivity index (χ1v) is 8.58. The molecule has 6 nitrogen and oxygen atoms in total. The van der Waals surface area contributed by atoms with Crippen molar-refractivity contribution in [3.63, 3.8) is 0 Å². The average Bonchev–Trinajstić information content (AvgIpc) is 3.06. The number of benzene rings is 1. The van der Waals surface area contributed by atoms with Crippen molar-refractivity contribution in [2.24, 2.45) is 0 Å². The van der Waals surface area contributed by atoms with Crippen LogP contribution in [0.2, 0.25) is 0 Å². The Bertz CT molecular complexity index is 785. The van der Waals surface area contributed by atoms with Gasteiger partial charge in [-0.1, -0.05) is 24.3 Å². The lowest BCUT2D eigenvalue weighted by atomic mass is 9.86. The van der Waals surface area contributed by atoms with Crippen LogP contribution in [0.4, 0.5) is 10.5 Å². The van der Waals surface area contributed by atoms with Crippen molar-refractivity contribution in [1.29, 1.82) is 0 Å². The summed E-state index contributed by atoms with van der Waals surface area (Å²) >= 11 is 0. The minimum absolute atomic E-state index is 0.488. The Hall–Kier alpha value is -2.60. The first-order chi connectivity index (χ1) is 12.1. The molecule has 2 aliphatic heterocycles. The predicted octanol–water partition coefficient (Wildman–Crippen LogP) is 2.40. The number of fused-ring (bicyclic) bond motifs is 1. The first kappa shape index (κ1) is 15.9. The molecule has 0 saturated carbocycles. The van der Waals surface area contributed by atoms with Crippen molar-refractivity contribution in [1.82, 2.24) is 15.2 Å². The van der Waals surface area contributed by atoms with Gasteiger partial charge in [0.25, 0.3) is 0 Å². The van der Waals surface area contributed by atoms with Gasteiger partial charge in [-0.2, -0.15) is 0 Å². The number of carbonyl (C=O) groups is 1. The fraction of sp³-hybridized carbons (Fsp3) is 0.368. The smallest absolute Gasteiger partial charge is 0.408 e. The monoisotopic (exact) mass is 338 g/mol. The van der Waals surface area contributed by atoms with Crippen LogP contribution in [-0.2, 0) is 18.6 Å². The standard InChI is InChI=1S/C19H22N4O2/c1-19(13-20-9-10-23(19)18(24)25)15-6-2-3-7-17(15)22-11-14-5-4-8-21-16(14)12-22/h2-8,20H,9-13H2,1H3,(H,24,25). The molecule has 6 heteroatoms. The van der Waals surface area contributed by atoms with Crippen LogP contribution in [0.3, 0.4) is 0 Å². The summed E-state index contributed by atoms with van der Waals surface area (Å²) in [6, 6.07) is 12.2. The van der Waals surface area contributed by atoms with Gasteiger partial charge in [0.05, 0.1) is 17.8 Å². The van der Waals surface area contributed by atoms with Gasteiger partial charge in [0, 0.05) is 43.6 Å². The van der Waals surface area contributed by atoms with Crippen molar-refractivity contribution in [3.8, 4) is 0 Å². The maximum atomic E-state index is 11.8. The number of pyridine rings is 1. The molecule has 2 aliphatic rings. The maximum absolute atomic E-state index is 11.8. The second kappa shape index (κ2) is 6.04. The van der Waals surface area contributed by atoms with E-state index < -0.39 is 11.6 Å². The number of aromatic nitrogens is 1. The van der Waals surface area contributed by atoms with E-state index >= 15 is 0 Å². The highest BCUT2D eigenvalue weighted by Crippen LogP contribution is 2.38. The molecule has 2 N–H and O–H groups in total. The third kappa shape index (κ3) is 2.62. The molecule has 25 heavy (non-hydrogen) atoms.